The van der Waals surface area contributed by atoms with Gasteiger partial charge in [0.05, 0.1) is 42.9 Å². The maximum atomic E-state index is 16.5. The third-order valence-electron chi connectivity index (χ3n) is 8.60. The first-order valence-corrected chi connectivity index (χ1v) is 20.4. The second kappa shape index (κ2) is 15.5. The molecule has 0 aliphatic heterocycles. The van der Waals surface area contributed by atoms with E-state index in [4.69, 9.17) is 25.8 Å². The van der Waals surface area contributed by atoms with Crippen molar-refractivity contribution in [2.75, 3.05) is 25.7 Å². The molecule has 2 heterocycles. The Morgan fingerprint density at radius 1 is 0.981 bits per heavy atom. The quantitative estimate of drug-likeness (QED) is 0.0518. The van der Waals surface area contributed by atoms with Crippen molar-refractivity contribution in [1.29, 1.82) is 0 Å². The number of aromatic carboxylic acids is 1. The molecule has 5 aromatic rings. The summed E-state index contributed by atoms with van der Waals surface area (Å²) in [6, 6.07) is 16.0. The fraction of sp³-hybridized carbons (Fsp3) is 0.324. The molecular formula is C37H39ClF4N4O5Si. The number of carboxylic acid groups (broad SMARTS) is 1. The van der Waals surface area contributed by atoms with E-state index >= 15 is 4.39 Å². The number of alkyl halides is 3. The maximum Gasteiger partial charge on any atom is 0.417 e. The zero-order valence-corrected chi connectivity index (χ0v) is 31.3. The van der Waals surface area contributed by atoms with Crippen LogP contribution in [-0.4, -0.2) is 54.7 Å². The molecule has 0 atom stereocenters. The predicted molar refractivity (Wildman–Crippen MR) is 195 cm³/mol. The van der Waals surface area contributed by atoms with E-state index in [1.54, 1.807) is 53.4 Å². The first-order chi connectivity index (χ1) is 24.5. The standard InChI is InChI=1S/C37H39ClF4N4O5Si/c1-22-31(37(40,41)42)27(33-28-18-43-46(21-51-15-16-52(4,5)6)34(28)30(36(47)48)35(38)44-33)17-29(32(22)39)45(19-23-7-11-25(49-2)12-8-23)20-24-9-13-26(50-3)14-10-24/h7-14,17-18H,15-16,19-21H2,1-6H3,(H,47,48). The molecule has 0 saturated carbocycles. The Kier molecular flexibility index (Phi) is 11.5. The number of ether oxygens (including phenoxy) is 3. The number of hydrogen-bond acceptors (Lipinski definition) is 7. The van der Waals surface area contributed by atoms with Crippen LogP contribution in [0.15, 0.2) is 60.8 Å². The molecule has 0 aliphatic rings. The molecule has 276 valence electrons. The summed E-state index contributed by atoms with van der Waals surface area (Å²) in [5.41, 5.74) is -1.90. The number of anilines is 1. The van der Waals surface area contributed by atoms with E-state index < -0.39 is 53.4 Å². The van der Waals surface area contributed by atoms with Crippen LogP contribution in [0.3, 0.4) is 0 Å². The second-order valence-corrected chi connectivity index (χ2v) is 19.5. The van der Waals surface area contributed by atoms with Gasteiger partial charge in [-0.15, -0.1) is 0 Å². The van der Waals surface area contributed by atoms with Gasteiger partial charge in [-0.25, -0.2) is 18.9 Å². The fourth-order valence-corrected chi connectivity index (χ4v) is 6.86. The number of fused-ring (bicyclic) bond motifs is 1. The zero-order chi connectivity index (χ0) is 38.0. The zero-order valence-electron chi connectivity index (χ0n) is 29.6. The molecule has 0 fully saturated rings. The maximum absolute atomic E-state index is 16.5. The summed E-state index contributed by atoms with van der Waals surface area (Å²) in [7, 11) is 1.59. The summed E-state index contributed by atoms with van der Waals surface area (Å²) in [4.78, 5) is 18.3. The summed E-state index contributed by atoms with van der Waals surface area (Å²) >= 11 is 6.45. The van der Waals surface area contributed by atoms with Crippen molar-refractivity contribution >= 4 is 42.2 Å². The molecule has 52 heavy (non-hydrogen) atoms. The van der Waals surface area contributed by atoms with E-state index in [0.717, 1.165) is 30.2 Å². The lowest BCUT2D eigenvalue weighted by molar-refractivity contribution is -0.137. The van der Waals surface area contributed by atoms with Crippen molar-refractivity contribution in [3.8, 4) is 22.8 Å². The summed E-state index contributed by atoms with van der Waals surface area (Å²) < 4.78 is 79.0. The average Bonchev–Trinajstić information content (AvgIpc) is 3.50. The van der Waals surface area contributed by atoms with Gasteiger partial charge >= 0.3 is 12.1 Å². The Balaban J connectivity index is 1.72. The van der Waals surface area contributed by atoms with Crippen LogP contribution in [0.4, 0.5) is 23.2 Å². The molecule has 2 aromatic heterocycles. The van der Waals surface area contributed by atoms with Gasteiger partial charge in [0, 0.05) is 38.7 Å². The molecule has 0 saturated heterocycles. The van der Waals surface area contributed by atoms with Gasteiger partial charge in [-0.2, -0.15) is 18.3 Å². The minimum atomic E-state index is -5.03. The van der Waals surface area contributed by atoms with Gasteiger partial charge in [-0.1, -0.05) is 55.5 Å². The molecule has 3 aromatic carbocycles. The van der Waals surface area contributed by atoms with Crippen molar-refractivity contribution in [1.82, 2.24) is 14.8 Å². The third-order valence-corrected chi connectivity index (χ3v) is 10.6. The van der Waals surface area contributed by atoms with E-state index in [2.05, 4.69) is 29.7 Å². The minimum absolute atomic E-state index is 0.0186. The Morgan fingerprint density at radius 3 is 2.02 bits per heavy atom. The van der Waals surface area contributed by atoms with Gasteiger partial charge < -0.3 is 24.2 Å². The Morgan fingerprint density at radius 2 is 1.54 bits per heavy atom. The number of aromatic nitrogens is 3. The molecule has 0 unspecified atom stereocenters. The summed E-state index contributed by atoms with van der Waals surface area (Å²) in [6.45, 7) is 7.99. The first-order valence-electron chi connectivity index (χ1n) is 16.3. The van der Waals surface area contributed by atoms with Gasteiger partial charge in [0.25, 0.3) is 0 Å². The SMILES string of the molecule is COc1ccc(CN(Cc2ccc(OC)cc2)c2cc(-c3nc(Cl)c(C(=O)O)c4c3cnn4COCC[Si](C)(C)C)c(C(F)(F)F)c(C)c2F)cc1. The Labute approximate surface area is 304 Å². The van der Waals surface area contributed by atoms with Crippen molar-refractivity contribution in [3.63, 3.8) is 0 Å². The van der Waals surface area contributed by atoms with E-state index in [9.17, 15) is 23.1 Å². The van der Waals surface area contributed by atoms with Crippen LogP contribution < -0.4 is 14.4 Å². The van der Waals surface area contributed by atoms with Crippen molar-refractivity contribution < 1.29 is 41.7 Å². The molecule has 1 N–H and O–H groups in total. The predicted octanol–water partition coefficient (Wildman–Crippen LogP) is 9.45. The topological polar surface area (TPSA) is 98.9 Å². The van der Waals surface area contributed by atoms with E-state index in [1.807, 2.05) is 0 Å². The third kappa shape index (κ3) is 8.51. The number of nitrogens with zero attached hydrogens (tertiary/aromatic N) is 4. The van der Waals surface area contributed by atoms with Crippen LogP contribution in [-0.2, 0) is 30.7 Å². The molecule has 0 radical (unpaired) electrons. The number of methoxy groups -OCH3 is 2. The number of hydrogen-bond donors (Lipinski definition) is 1. The molecule has 15 heteroatoms. The number of carbonyl (C=O) groups is 1. The smallest absolute Gasteiger partial charge is 0.417 e. The number of rotatable bonds is 14. The number of carboxylic acids is 1. The van der Waals surface area contributed by atoms with Gasteiger partial charge in [0.15, 0.2) is 0 Å². The second-order valence-electron chi connectivity index (χ2n) is 13.5. The monoisotopic (exact) mass is 758 g/mol. The highest BCUT2D eigenvalue weighted by Gasteiger charge is 2.39. The van der Waals surface area contributed by atoms with Crippen LogP contribution in [0.5, 0.6) is 11.5 Å². The van der Waals surface area contributed by atoms with Crippen LogP contribution in [0, 0.1) is 12.7 Å². The van der Waals surface area contributed by atoms with Crippen LogP contribution >= 0.6 is 11.6 Å². The summed E-state index contributed by atoms with van der Waals surface area (Å²) in [5, 5.41) is 13.8. The van der Waals surface area contributed by atoms with Gasteiger partial charge in [-0.3, -0.25) is 0 Å². The lowest BCUT2D eigenvalue weighted by Gasteiger charge is -2.29. The van der Waals surface area contributed by atoms with Crippen molar-refractivity contribution in [2.45, 2.75) is 58.6 Å². The minimum Gasteiger partial charge on any atom is -0.497 e. The fourth-order valence-electron chi connectivity index (χ4n) is 5.84. The number of benzene rings is 3. The van der Waals surface area contributed by atoms with Gasteiger partial charge in [-0.05, 0) is 60.0 Å². The van der Waals surface area contributed by atoms with Crippen LogP contribution in [0.2, 0.25) is 30.8 Å². The molecule has 0 bridgehead atoms. The number of pyridine rings is 1. The largest absolute Gasteiger partial charge is 0.497 e. The van der Waals surface area contributed by atoms with Gasteiger partial charge in [0.1, 0.15) is 34.8 Å². The molecule has 0 spiro atoms. The molecular weight excluding hydrogens is 720 g/mol. The summed E-state index contributed by atoms with van der Waals surface area (Å²) in [5.74, 6) is -1.32. The van der Waals surface area contributed by atoms with Crippen LogP contribution in [0.25, 0.3) is 22.2 Å². The first kappa shape index (κ1) is 38.6. The Bertz CT molecular complexity index is 2020. The molecule has 5 rings (SSSR count). The highest BCUT2D eigenvalue weighted by atomic mass is 35.5. The van der Waals surface area contributed by atoms with E-state index in [0.29, 0.717) is 18.1 Å². The van der Waals surface area contributed by atoms with Crippen LogP contribution in [0.1, 0.15) is 32.6 Å². The lowest BCUT2D eigenvalue weighted by Crippen LogP contribution is -2.25. The van der Waals surface area contributed by atoms with E-state index in [-0.39, 0.29) is 42.1 Å². The molecule has 0 amide bonds. The highest BCUT2D eigenvalue weighted by molar-refractivity contribution is 6.76. The van der Waals surface area contributed by atoms with Gasteiger partial charge in [0.2, 0.25) is 0 Å². The van der Waals surface area contributed by atoms with E-state index in [1.165, 1.54) is 25.1 Å². The van der Waals surface area contributed by atoms with Crippen molar-refractivity contribution in [2.24, 2.45) is 0 Å². The molecule has 0 aliphatic carbocycles. The normalized spacial score (nSPS) is 12.0. The molecule has 9 nitrogen and oxygen atoms in total. The summed E-state index contributed by atoms with van der Waals surface area (Å²) in [6.07, 6.45) is -3.80. The van der Waals surface area contributed by atoms with Crippen molar-refractivity contribution in [3.05, 3.63) is 99.6 Å². The average molecular weight is 759 g/mol. The highest BCUT2D eigenvalue weighted by Crippen LogP contribution is 2.45. The lowest BCUT2D eigenvalue weighted by atomic mass is 9.94. The number of halogens is 5. The Hall–Kier alpha value is -4.66.